The monoisotopic (exact) mass is 561 g/mol. The fourth-order valence-electron chi connectivity index (χ4n) is 3.38. The van der Waals surface area contributed by atoms with E-state index in [1.54, 1.807) is 19.9 Å². The van der Waals surface area contributed by atoms with E-state index in [4.69, 9.17) is 30.7 Å². The van der Waals surface area contributed by atoms with Crippen LogP contribution in [0.1, 0.15) is 38.1 Å². The minimum Gasteiger partial charge on any atom is -0.475 e. The molecule has 0 spiro atoms. The third-order valence-electron chi connectivity index (χ3n) is 5.13. The number of aliphatic carboxylic acids is 1. The quantitative estimate of drug-likeness (QED) is 0.253. The zero-order chi connectivity index (χ0) is 29.7. The van der Waals surface area contributed by atoms with Crippen LogP contribution in [0, 0.1) is 11.8 Å². The Balaban J connectivity index is 0.000000559. The normalized spacial score (nSPS) is 12.2. The van der Waals surface area contributed by atoms with Gasteiger partial charge in [0.05, 0.1) is 5.52 Å². The molecule has 4 rings (SSSR count). The van der Waals surface area contributed by atoms with E-state index in [0.717, 1.165) is 5.56 Å². The van der Waals surface area contributed by atoms with E-state index < -0.39 is 23.9 Å². The zero-order valence-corrected chi connectivity index (χ0v) is 21.6. The van der Waals surface area contributed by atoms with Gasteiger partial charge in [-0.3, -0.25) is 0 Å². The van der Waals surface area contributed by atoms with Gasteiger partial charge in [0.1, 0.15) is 22.9 Å². The summed E-state index contributed by atoms with van der Waals surface area (Å²) in [7, 11) is 0. The van der Waals surface area contributed by atoms with Crippen molar-refractivity contribution < 1.29 is 37.5 Å². The van der Waals surface area contributed by atoms with Gasteiger partial charge >= 0.3 is 12.1 Å². The second-order valence-corrected chi connectivity index (χ2v) is 8.72. The number of hydrogen-bond acceptors (Lipinski definition) is 10. The molecule has 3 aromatic heterocycles. The molecule has 40 heavy (non-hydrogen) atoms. The molecule has 0 saturated heterocycles. The Kier molecular flexibility index (Phi) is 8.97. The summed E-state index contributed by atoms with van der Waals surface area (Å²) in [6, 6.07) is 11.4. The Morgan fingerprint density at radius 1 is 1.20 bits per heavy atom. The smallest absolute Gasteiger partial charge is 0.475 e. The van der Waals surface area contributed by atoms with Crippen molar-refractivity contribution in [3.8, 4) is 29.2 Å². The fourth-order valence-corrected chi connectivity index (χ4v) is 3.38. The van der Waals surface area contributed by atoms with Gasteiger partial charge < -0.3 is 31.0 Å². The van der Waals surface area contributed by atoms with Gasteiger partial charge in [-0.05, 0) is 42.6 Å². The third kappa shape index (κ3) is 7.24. The highest BCUT2D eigenvalue weighted by Gasteiger charge is 2.38. The molecule has 0 aliphatic rings. The highest BCUT2D eigenvalue weighted by molar-refractivity contribution is 5.86. The van der Waals surface area contributed by atoms with E-state index in [-0.39, 0.29) is 12.4 Å². The lowest BCUT2D eigenvalue weighted by molar-refractivity contribution is -0.192. The predicted molar refractivity (Wildman–Crippen MR) is 137 cm³/mol. The number of alkyl halides is 3. The molecule has 0 unspecified atom stereocenters. The standard InChI is InChI=1S/C23H25N7O3.C2HF3O2/c1-4-30-16-12-18(32-17(13-24)14-8-6-5-7-9-14)26-15(10-11-23(2,3)31)19(16)27-22(30)20-21(25)29-33-28-20;3-2(4,5)1(6)7/h5-9,12,17,31H,4,13,24H2,1-3H3,(H2,25,29);(H,6,7)/t17-;/m0./s1. The average molecular weight is 562 g/mol. The molecule has 6 N–H and O–H groups in total. The number of aromatic nitrogens is 5. The van der Waals surface area contributed by atoms with Crippen LogP contribution in [0.2, 0.25) is 0 Å². The summed E-state index contributed by atoms with van der Waals surface area (Å²) < 4.78 is 44.6. The van der Waals surface area contributed by atoms with Crippen LogP contribution >= 0.6 is 0 Å². The first-order chi connectivity index (χ1) is 18.7. The van der Waals surface area contributed by atoms with Gasteiger partial charge in [-0.1, -0.05) is 36.3 Å². The number of carboxylic acid groups (broad SMARTS) is 1. The largest absolute Gasteiger partial charge is 0.490 e. The number of nitrogens with zero attached hydrogens (tertiary/aromatic N) is 5. The molecule has 0 fully saturated rings. The lowest BCUT2D eigenvalue weighted by atomic mass is 10.1. The topological polar surface area (TPSA) is 188 Å². The second kappa shape index (κ2) is 12.0. The average Bonchev–Trinajstić information content (AvgIpc) is 3.48. The molecule has 0 aliphatic carbocycles. The van der Waals surface area contributed by atoms with E-state index >= 15 is 0 Å². The molecule has 0 radical (unpaired) electrons. The van der Waals surface area contributed by atoms with E-state index in [1.165, 1.54) is 0 Å². The first-order valence-electron chi connectivity index (χ1n) is 11.7. The van der Waals surface area contributed by atoms with Gasteiger partial charge in [0.15, 0.2) is 17.3 Å². The van der Waals surface area contributed by atoms with Crippen LogP contribution in [0.3, 0.4) is 0 Å². The lowest BCUT2D eigenvalue weighted by Crippen LogP contribution is -2.21. The van der Waals surface area contributed by atoms with Crippen LogP contribution in [0.25, 0.3) is 22.6 Å². The Hall–Kier alpha value is -4.68. The molecule has 212 valence electrons. The number of hydrogen-bond donors (Lipinski definition) is 4. The number of carboxylic acids is 1. The fraction of sp³-hybridized carbons (Fsp3) is 0.320. The first-order valence-corrected chi connectivity index (χ1v) is 11.7. The number of imidazole rings is 1. The van der Waals surface area contributed by atoms with Crippen molar-refractivity contribution in [3.05, 3.63) is 47.7 Å². The minimum absolute atomic E-state index is 0.126. The summed E-state index contributed by atoms with van der Waals surface area (Å²) >= 11 is 0. The molecular formula is C25H26F3N7O5. The van der Waals surface area contributed by atoms with Gasteiger partial charge in [0.25, 0.3) is 0 Å². The summed E-state index contributed by atoms with van der Waals surface area (Å²) in [6.07, 6.45) is -5.49. The van der Waals surface area contributed by atoms with Crippen LogP contribution in [-0.2, 0) is 11.3 Å². The molecule has 1 aromatic carbocycles. The molecule has 15 heteroatoms. The maximum absolute atomic E-state index is 10.6. The van der Waals surface area contributed by atoms with E-state index in [9.17, 15) is 18.3 Å². The zero-order valence-electron chi connectivity index (χ0n) is 21.6. The van der Waals surface area contributed by atoms with Crippen LogP contribution in [0.5, 0.6) is 5.88 Å². The third-order valence-corrected chi connectivity index (χ3v) is 5.13. The van der Waals surface area contributed by atoms with Gasteiger partial charge in [0.2, 0.25) is 5.88 Å². The SMILES string of the molecule is CCn1c(-c2nonc2N)nc2c(C#CC(C)(C)O)nc(O[C@@H](CN)c3ccccc3)cc21.O=C(O)C(F)(F)F. The number of aliphatic hydroxyl groups is 1. The minimum atomic E-state index is -5.08. The number of nitrogens with two attached hydrogens (primary N) is 2. The highest BCUT2D eigenvalue weighted by Crippen LogP contribution is 2.31. The van der Waals surface area contributed by atoms with Crippen molar-refractivity contribution in [2.45, 2.75) is 45.2 Å². The summed E-state index contributed by atoms with van der Waals surface area (Å²) in [6.45, 7) is 5.96. The summed E-state index contributed by atoms with van der Waals surface area (Å²) in [5.74, 6) is 3.89. The number of nitrogen functional groups attached to an aromatic ring is 1. The number of aryl methyl sites for hydroxylation is 1. The van der Waals surface area contributed by atoms with E-state index in [0.29, 0.717) is 40.7 Å². The van der Waals surface area contributed by atoms with Crippen molar-refractivity contribution in [2.75, 3.05) is 12.3 Å². The Bertz CT molecular complexity index is 1530. The molecule has 0 aliphatic heterocycles. The van der Waals surface area contributed by atoms with Crippen LogP contribution in [-0.4, -0.2) is 59.4 Å². The number of carbonyl (C=O) groups is 1. The number of fused-ring (bicyclic) bond motifs is 1. The van der Waals surface area contributed by atoms with Gasteiger partial charge in [-0.15, -0.1) is 0 Å². The number of halogens is 3. The number of ether oxygens (including phenoxy) is 1. The summed E-state index contributed by atoms with van der Waals surface area (Å²) in [5.41, 5.74) is 13.5. The summed E-state index contributed by atoms with van der Waals surface area (Å²) in [4.78, 5) is 18.2. The lowest BCUT2D eigenvalue weighted by Gasteiger charge is -2.17. The summed E-state index contributed by atoms with van der Waals surface area (Å²) in [5, 5.41) is 24.8. The predicted octanol–water partition coefficient (Wildman–Crippen LogP) is 2.92. The Morgan fingerprint density at radius 3 is 2.35 bits per heavy atom. The van der Waals surface area contributed by atoms with Crippen LogP contribution < -0.4 is 16.2 Å². The molecule has 4 aromatic rings. The molecule has 0 bridgehead atoms. The molecule has 0 amide bonds. The van der Waals surface area contributed by atoms with E-state index in [1.807, 2.05) is 41.8 Å². The van der Waals surface area contributed by atoms with Crippen molar-refractivity contribution >= 4 is 22.8 Å². The molecule has 3 heterocycles. The number of benzene rings is 1. The molecular weight excluding hydrogens is 535 g/mol. The number of pyridine rings is 1. The van der Waals surface area contributed by atoms with Crippen molar-refractivity contribution in [2.24, 2.45) is 5.73 Å². The number of rotatable bonds is 6. The van der Waals surface area contributed by atoms with E-state index in [2.05, 4.69) is 32.1 Å². The second-order valence-electron chi connectivity index (χ2n) is 8.72. The maximum atomic E-state index is 10.6. The van der Waals surface area contributed by atoms with Gasteiger partial charge in [-0.2, -0.15) is 13.2 Å². The van der Waals surface area contributed by atoms with Crippen molar-refractivity contribution in [3.63, 3.8) is 0 Å². The van der Waals surface area contributed by atoms with Gasteiger partial charge in [0, 0.05) is 19.2 Å². The van der Waals surface area contributed by atoms with Crippen molar-refractivity contribution in [1.82, 2.24) is 24.8 Å². The first kappa shape index (κ1) is 29.9. The Morgan fingerprint density at radius 2 is 1.85 bits per heavy atom. The van der Waals surface area contributed by atoms with Crippen LogP contribution in [0.15, 0.2) is 41.0 Å². The number of anilines is 1. The van der Waals surface area contributed by atoms with Gasteiger partial charge in [-0.25, -0.2) is 19.4 Å². The molecule has 1 atom stereocenters. The van der Waals surface area contributed by atoms with Crippen molar-refractivity contribution in [1.29, 1.82) is 0 Å². The maximum Gasteiger partial charge on any atom is 0.490 e. The molecule has 0 saturated carbocycles. The molecule has 12 nitrogen and oxygen atoms in total. The Labute approximate surface area is 225 Å². The highest BCUT2D eigenvalue weighted by atomic mass is 19.4. The van der Waals surface area contributed by atoms with Crippen LogP contribution in [0.4, 0.5) is 19.0 Å².